The molecule has 0 spiro atoms. The van der Waals surface area contributed by atoms with Crippen LogP contribution in [0.25, 0.3) is 0 Å². The highest BCUT2D eigenvalue weighted by Crippen LogP contribution is 2.10. The van der Waals surface area contributed by atoms with Crippen molar-refractivity contribution in [3.05, 3.63) is 35.9 Å². The Morgan fingerprint density at radius 3 is 1.69 bits per heavy atom. The van der Waals surface area contributed by atoms with Gasteiger partial charge in [-0.3, -0.25) is 0 Å². The first-order chi connectivity index (χ1) is 17.3. The predicted molar refractivity (Wildman–Crippen MR) is 140 cm³/mol. The van der Waals surface area contributed by atoms with E-state index in [1.165, 1.54) is 57.8 Å². The molecule has 0 heterocycles. The summed E-state index contributed by atoms with van der Waals surface area (Å²) in [5.74, 6) is 0. The van der Waals surface area contributed by atoms with Gasteiger partial charge in [0.2, 0.25) is 0 Å². The number of nitrogens with one attached hydrogen (secondary N) is 1. The SMILES string of the molecule is CCCCCCCCCCCCOCCOCCOCCOCCNC(=O)OCc1ccccc1. The minimum atomic E-state index is -0.446. The van der Waals surface area contributed by atoms with E-state index in [1.807, 2.05) is 30.3 Å². The Balaban J connectivity index is 1.69. The van der Waals surface area contributed by atoms with Crippen LogP contribution in [0.1, 0.15) is 76.7 Å². The summed E-state index contributed by atoms with van der Waals surface area (Å²) in [6, 6.07) is 9.57. The molecule has 1 aromatic rings. The summed E-state index contributed by atoms with van der Waals surface area (Å²) in [5.41, 5.74) is 0.955. The first kappa shape index (κ1) is 31.4. The van der Waals surface area contributed by atoms with Gasteiger partial charge in [0.15, 0.2) is 0 Å². The van der Waals surface area contributed by atoms with Gasteiger partial charge >= 0.3 is 6.09 Å². The summed E-state index contributed by atoms with van der Waals surface area (Å²) in [5, 5.41) is 2.66. The monoisotopic (exact) mass is 495 g/mol. The number of carbonyl (C=O) groups excluding carboxylic acids is 1. The van der Waals surface area contributed by atoms with Crippen LogP contribution < -0.4 is 5.32 Å². The van der Waals surface area contributed by atoms with E-state index in [4.69, 9.17) is 23.7 Å². The lowest BCUT2D eigenvalue weighted by Gasteiger charge is -2.09. The zero-order valence-electron chi connectivity index (χ0n) is 22.0. The smallest absolute Gasteiger partial charge is 0.407 e. The molecule has 0 saturated heterocycles. The molecule has 1 rings (SSSR count). The number of hydrogen-bond donors (Lipinski definition) is 1. The molecule has 0 saturated carbocycles. The van der Waals surface area contributed by atoms with E-state index in [-0.39, 0.29) is 6.61 Å². The normalized spacial score (nSPS) is 11.0. The van der Waals surface area contributed by atoms with Crippen molar-refractivity contribution in [2.45, 2.75) is 77.7 Å². The third kappa shape index (κ3) is 22.5. The van der Waals surface area contributed by atoms with Gasteiger partial charge in [-0.25, -0.2) is 4.79 Å². The average Bonchev–Trinajstić information content (AvgIpc) is 2.88. The summed E-state index contributed by atoms with van der Waals surface area (Å²) in [6.45, 7) is 7.46. The van der Waals surface area contributed by atoms with Crippen LogP contribution >= 0.6 is 0 Å². The molecule has 0 aliphatic rings. The van der Waals surface area contributed by atoms with E-state index < -0.39 is 6.09 Å². The molecule has 0 aromatic heterocycles. The van der Waals surface area contributed by atoms with Crippen molar-refractivity contribution in [3.63, 3.8) is 0 Å². The quantitative estimate of drug-likeness (QED) is 0.170. The maximum Gasteiger partial charge on any atom is 0.407 e. The number of carbonyl (C=O) groups is 1. The van der Waals surface area contributed by atoms with Crippen molar-refractivity contribution in [1.29, 1.82) is 0 Å². The third-order valence-electron chi connectivity index (χ3n) is 5.49. The van der Waals surface area contributed by atoms with E-state index in [0.29, 0.717) is 52.8 Å². The molecule has 1 N–H and O–H groups in total. The molecule has 0 bridgehead atoms. The summed E-state index contributed by atoms with van der Waals surface area (Å²) < 4.78 is 27.1. The van der Waals surface area contributed by atoms with Crippen LogP contribution in [0.5, 0.6) is 0 Å². The minimum Gasteiger partial charge on any atom is -0.445 e. The van der Waals surface area contributed by atoms with Crippen molar-refractivity contribution >= 4 is 6.09 Å². The molecule has 0 atom stereocenters. The van der Waals surface area contributed by atoms with E-state index in [0.717, 1.165) is 18.6 Å². The highest BCUT2D eigenvalue weighted by molar-refractivity contribution is 5.67. The Labute approximate surface area is 213 Å². The number of benzene rings is 1. The van der Waals surface area contributed by atoms with Gasteiger partial charge < -0.3 is 29.0 Å². The second kappa shape index (κ2) is 25.4. The van der Waals surface area contributed by atoms with E-state index in [2.05, 4.69) is 12.2 Å². The second-order valence-corrected chi connectivity index (χ2v) is 8.62. The minimum absolute atomic E-state index is 0.259. The second-order valence-electron chi connectivity index (χ2n) is 8.62. The lowest BCUT2D eigenvalue weighted by molar-refractivity contribution is -0.00182. The van der Waals surface area contributed by atoms with Gasteiger partial charge in [-0.1, -0.05) is 95.0 Å². The van der Waals surface area contributed by atoms with E-state index in [9.17, 15) is 4.79 Å². The molecule has 0 aliphatic carbocycles. The van der Waals surface area contributed by atoms with Gasteiger partial charge in [0.25, 0.3) is 0 Å². The highest BCUT2D eigenvalue weighted by atomic mass is 16.6. The summed E-state index contributed by atoms with van der Waals surface area (Å²) in [7, 11) is 0. The number of ether oxygens (including phenoxy) is 5. The molecule has 0 unspecified atom stereocenters. The molecular weight excluding hydrogens is 446 g/mol. The number of alkyl carbamates (subject to hydrolysis) is 1. The van der Waals surface area contributed by atoms with Crippen molar-refractivity contribution in [1.82, 2.24) is 5.32 Å². The maximum atomic E-state index is 11.6. The highest BCUT2D eigenvalue weighted by Gasteiger charge is 2.01. The van der Waals surface area contributed by atoms with Gasteiger partial charge in [-0.05, 0) is 12.0 Å². The van der Waals surface area contributed by atoms with Crippen LogP contribution in [0.2, 0.25) is 0 Å². The fourth-order valence-corrected chi connectivity index (χ4v) is 3.45. The number of hydrogen-bond acceptors (Lipinski definition) is 6. The molecule has 35 heavy (non-hydrogen) atoms. The Morgan fingerprint density at radius 2 is 1.11 bits per heavy atom. The van der Waals surface area contributed by atoms with Crippen molar-refractivity contribution < 1.29 is 28.5 Å². The largest absolute Gasteiger partial charge is 0.445 e. The summed E-state index contributed by atoms with van der Waals surface area (Å²) in [6.07, 6.45) is 13.0. The lowest BCUT2D eigenvalue weighted by Crippen LogP contribution is -2.28. The standard InChI is InChI=1S/C28H49NO6/c1-2-3-4-5-6-7-8-9-10-14-18-31-20-22-33-24-25-34-23-21-32-19-17-29-28(30)35-26-27-15-12-11-13-16-27/h11-13,15-16H,2-10,14,17-26H2,1H3,(H,29,30). The number of amides is 1. The zero-order valence-corrected chi connectivity index (χ0v) is 22.0. The van der Waals surface area contributed by atoms with Crippen LogP contribution in [-0.4, -0.2) is 65.5 Å². The van der Waals surface area contributed by atoms with Gasteiger partial charge in [-0.2, -0.15) is 0 Å². The molecule has 1 aromatic carbocycles. The van der Waals surface area contributed by atoms with Crippen LogP contribution in [0.15, 0.2) is 30.3 Å². The molecule has 7 nitrogen and oxygen atoms in total. The predicted octanol–water partition coefficient (Wildman–Crippen LogP) is 5.90. The van der Waals surface area contributed by atoms with Crippen molar-refractivity contribution in [2.75, 3.05) is 59.4 Å². The Hall–Kier alpha value is -1.67. The molecular formula is C28H49NO6. The topological polar surface area (TPSA) is 75.3 Å². The number of rotatable bonds is 25. The Bertz CT molecular complexity index is 572. The van der Waals surface area contributed by atoms with Crippen LogP contribution in [0.4, 0.5) is 4.79 Å². The molecule has 202 valence electrons. The van der Waals surface area contributed by atoms with Gasteiger partial charge in [0.05, 0.1) is 46.2 Å². The van der Waals surface area contributed by atoms with Crippen LogP contribution in [0, 0.1) is 0 Å². The fraction of sp³-hybridized carbons (Fsp3) is 0.750. The third-order valence-corrected chi connectivity index (χ3v) is 5.49. The average molecular weight is 496 g/mol. The maximum absolute atomic E-state index is 11.6. The van der Waals surface area contributed by atoms with Crippen molar-refractivity contribution in [3.8, 4) is 0 Å². The van der Waals surface area contributed by atoms with Crippen LogP contribution in [0.3, 0.4) is 0 Å². The van der Waals surface area contributed by atoms with Crippen molar-refractivity contribution in [2.24, 2.45) is 0 Å². The Kier molecular flexibility index (Phi) is 22.8. The van der Waals surface area contributed by atoms with Gasteiger partial charge in [0.1, 0.15) is 6.61 Å². The van der Waals surface area contributed by atoms with E-state index >= 15 is 0 Å². The van der Waals surface area contributed by atoms with Gasteiger partial charge in [0, 0.05) is 13.2 Å². The molecule has 0 radical (unpaired) electrons. The van der Waals surface area contributed by atoms with Crippen LogP contribution in [-0.2, 0) is 30.3 Å². The first-order valence-electron chi connectivity index (χ1n) is 13.6. The Morgan fingerprint density at radius 1 is 0.629 bits per heavy atom. The zero-order chi connectivity index (χ0) is 25.1. The van der Waals surface area contributed by atoms with Gasteiger partial charge in [-0.15, -0.1) is 0 Å². The number of unbranched alkanes of at least 4 members (excludes halogenated alkanes) is 9. The first-order valence-corrected chi connectivity index (χ1v) is 13.6. The molecule has 7 heteroatoms. The summed E-state index contributed by atoms with van der Waals surface area (Å²) in [4.78, 5) is 11.6. The molecule has 1 amide bonds. The fourth-order valence-electron chi connectivity index (χ4n) is 3.45. The molecule has 0 fully saturated rings. The lowest BCUT2D eigenvalue weighted by atomic mass is 10.1. The molecule has 0 aliphatic heterocycles. The summed E-state index contributed by atoms with van der Waals surface area (Å²) >= 11 is 0. The van der Waals surface area contributed by atoms with E-state index in [1.54, 1.807) is 0 Å².